The van der Waals surface area contributed by atoms with Gasteiger partial charge in [-0.25, -0.2) is 4.98 Å². The maximum Gasteiger partial charge on any atom is 0.252 e. The zero-order valence-electron chi connectivity index (χ0n) is 9.70. The van der Waals surface area contributed by atoms with Crippen LogP contribution in [0.2, 0.25) is 0 Å². The molecule has 0 aromatic carbocycles. The van der Waals surface area contributed by atoms with Gasteiger partial charge in [-0.3, -0.25) is 9.59 Å². The van der Waals surface area contributed by atoms with Gasteiger partial charge in [-0.1, -0.05) is 0 Å². The number of nitrogens with one attached hydrogen (secondary N) is 2. The Bertz CT molecular complexity index is 425. The summed E-state index contributed by atoms with van der Waals surface area (Å²) in [7, 11) is 3.41. The number of nitrogens with zero attached hydrogens (tertiary/aromatic N) is 2. The monoisotopic (exact) mass is 224 g/mol. The second-order valence-electron chi connectivity index (χ2n) is 3.68. The van der Waals surface area contributed by atoms with Gasteiger partial charge in [0.1, 0.15) is 11.6 Å². The lowest BCUT2D eigenvalue weighted by Crippen LogP contribution is -2.24. The van der Waals surface area contributed by atoms with Gasteiger partial charge in [0.15, 0.2) is 0 Å². The molecule has 0 saturated heterocycles. The summed E-state index contributed by atoms with van der Waals surface area (Å²) < 4.78 is 0. The molecule has 0 atom stereocenters. The molecule has 0 saturated carbocycles. The molecule has 1 amide bonds. The summed E-state index contributed by atoms with van der Waals surface area (Å²) >= 11 is 0. The molecule has 6 nitrogen and oxygen atoms in total. The predicted octanol–water partition coefficient (Wildman–Crippen LogP) is -0.0315. The molecular formula is C10H16N4O2. The first-order valence-electron chi connectivity index (χ1n) is 5.01. The van der Waals surface area contributed by atoms with E-state index in [9.17, 15) is 9.59 Å². The summed E-state index contributed by atoms with van der Waals surface area (Å²) in [5.41, 5.74) is -0.200. The zero-order chi connectivity index (χ0) is 12.1. The first-order chi connectivity index (χ1) is 7.49. The van der Waals surface area contributed by atoms with Crippen molar-refractivity contribution < 1.29 is 4.79 Å². The van der Waals surface area contributed by atoms with E-state index >= 15 is 0 Å². The van der Waals surface area contributed by atoms with Gasteiger partial charge in [-0.05, 0) is 6.92 Å². The summed E-state index contributed by atoms with van der Waals surface area (Å²) in [6.07, 6.45) is 0.376. The van der Waals surface area contributed by atoms with Crippen LogP contribution in [0.3, 0.4) is 0 Å². The van der Waals surface area contributed by atoms with Crippen LogP contribution in [0.4, 0.5) is 5.82 Å². The number of carbonyl (C=O) groups excluding carboxylic acids is 1. The molecule has 2 N–H and O–H groups in total. The Kier molecular flexibility index (Phi) is 4.04. The molecule has 0 aliphatic carbocycles. The van der Waals surface area contributed by atoms with Gasteiger partial charge >= 0.3 is 0 Å². The van der Waals surface area contributed by atoms with E-state index in [1.54, 1.807) is 21.0 Å². The van der Waals surface area contributed by atoms with E-state index in [1.165, 1.54) is 11.0 Å². The first kappa shape index (κ1) is 12.2. The van der Waals surface area contributed by atoms with E-state index in [4.69, 9.17) is 0 Å². The van der Waals surface area contributed by atoms with E-state index in [0.29, 0.717) is 24.6 Å². The number of aromatic amines is 1. The van der Waals surface area contributed by atoms with Gasteiger partial charge in [0, 0.05) is 33.1 Å². The Morgan fingerprint density at radius 3 is 2.81 bits per heavy atom. The number of carbonyl (C=O) groups is 1. The number of hydrogen-bond acceptors (Lipinski definition) is 4. The van der Waals surface area contributed by atoms with Crippen LogP contribution >= 0.6 is 0 Å². The fourth-order valence-electron chi connectivity index (χ4n) is 1.19. The van der Waals surface area contributed by atoms with E-state index in [-0.39, 0.29) is 11.5 Å². The molecular weight excluding hydrogens is 208 g/mol. The Morgan fingerprint density at radius 1 is 1.56 bits per heavy atom. The Hall–Kier alpha value is -1.85. The number of aromatic nitrogens is 2. The minimum Gasteiger partial charge on any atom is -0.369 e. The molecule has 88 valence electrons. The second-order valence-corrected chi connectivity index (χ2v) is 3.68. The number of anilines is 1. The van der Waals surface area contributed by atoms with E-state index in [1.807, 2.05) is 0 Å². The molecule has 0 unspecified atom stereocenters. The fourth-order valence-corrected chi connectivity index (χ4v) is 1.19. The average molecular weight is 224 g/mol. The average Bonchev–Trinajstić information content (AvgIpc) is 2.15. The van der Waals surface area contributed by atoms with Crippen molar-refractivity contribution in [1.82, 2.24) is 14.9 Å². The van der Waals surface area contributed by atoms with Crippen LogP contribution in [0, 0.1) is 6.92 Å². The molecule has 0 bridgehead atoms. The number of hydrogen-bond donors (Lipinski definition) is 2. The third-order valence-corrected chi connectivity index (χ3v) is 2.00. The summed E-state index contributed by atoms with van der Waals surface area (Å²) in [5, 5.41) is 2.93. The molecule has 0 aliphatic heterocycles. The van der Waals surface area contributed by atoms with Crippen LogP contribution in [0.1, 0.15) is 12.2 Å². The van der Waals surface area contributed by atoms with Crippen LogP contribution < -0.4 is 10.9 Å². The summed E-state index contributed by atoms with van der Waals surface area (Å²) in [6, 6.07) is 1.37. The smallest absolute Gasteiger partial charge is 0.252 e. The van der Waals surface area contributed by atoms with E-state index in [2.05, 4.69) is 15.3 Å². The molecule has 6 heteroatoms. The maximum absolute atomic E-state index is 11.3. The quantitative estimate of drug-likeness (QED) is 0.752. The van der Waals surface area contributed by atoms with Crippen molar-refractivity contribution in [3.05, 3.63) is 22.2 Å². The van der Waals surface area contributed by atoms with Crippen LogP contribution in [-0.2, 0) is 4.79 Å². The van der Waals surface area contributed by atoms with E-state index in [0.717, 1.165) is 0 Å². The minimum absolute atomic E-state index is 0.0362. The molecule has 1 aromatic rings. The number of aryl methyl sites for hydroxylation is 1. The topological polar surface area (TPSA) is 78.1 Å². The Morgan fingerprint density at radius 2 is 2.25 bits per heavy atom. The molecule has 16 heavy (non-hydrogen) atoms. The van der Waals surface area contributed by atoms with Crippen molar-refractivity contribution in [3.8, 4) is 0 Å². The molecule has 1 rings (SSSR count). The molecule has 0 aliphatic rings. The maximum atomic E-state index is 11.3. The number of rotatable bonds is 4. The first-order valence-corrected chi connectivity index (χ1v) is 5.01. The van der Waals surface area contributed by atoms with Crippen molar-refractivity contribution in [2.45, 2.75) is 13.3 Å². The summed E-state index contributed by atoms with van der Waals surface area (Å²) in [5.74, 6) is 1.08. The zero-order valence-corrected chi connectivity index (χ0v) is 9.70. The van der Waals surface area contributed by atoms with Gasteiger partial charge in [0.25, 0.3) is 5.56 Å². The van der Waals surface area contributed by atoms with Crippen molar-refractivity contribution >= 4 is 11.7 Å². The number of H-pyrrole nitrogens is 1. The Balaban J connectivity index is 2.49. The fraction of sp³-hybridized carbons (Fsp3) is 0.500. The SMILES string of the molecule is Cc1nc(NCCC(=O)N(C)C)cc(=O)[nH]1. The van der Waals surface area contributed by atoms with Crippen molar-refractivity contribution in [3.63, 3.8) is 0 Å². The largest absolute Gasteiger partial charge is 0.369 e. The second kappa shape index (κ2) is 5.29. The lowest BCUT2D eigenvalue weighted by atomic mass is 10.4. The molecule has 1 aromatic heterocycles. The van der Waals surface area contributed by atoms with E-state index < -0.39 is 0 Å². The standard InChI is InChI=1S/C10H16N4O2/c1-7-12-8(6-9(15)13-7)11-5-4-10(16)14(2)3/h6H,4-5H2,1-3H3,(H2,11,12,13,15). The van der Waals surface area contributed by atoms with Crippen LogP contribution in [0.15, 0.2) is 10.9 Å². The van der Waals surface area contributed by atoms with Gasteiger partial charge in [-0.15, -0.1) is 0 Å². The highest BCUT2D eigenvalue weighted by Crippen LogP contribution is 1.98. The minimum atomic E-state index is -0.200. The van der Waals surface area contributed by atoms with Crippen LogP contribution in [0.25, 0.3) is 0 Å². The Labute approximate surface area is 93.7 Å². The third-order valence-electron chi connectivity index (χ3n) is 2.00. The molecule has 0 radical (unpaired) electrons. The third kappa shape index (κ3) is 3.72. The number of amides is 1. The molecule has 0 spiro atoms. The van der Waals surface area contributed by atoms with Crippen LogP contribution in [-0.4, -0.2) is 41.4 Å². The van der Waals surface area contributed by atoms with Gasteiger partial charge in [-0.2, -0.15) is 0 Å². The van der Waals surface area contributed by atoms with Crippen molar-refractivity contribution in [1.29, 1.82) is 0 Å². The van der Waals surface area contributed by atoms with Crippen molar-refractivity contribution in [2.24, 2.45) is 0 Å². The highest BCUT2D eigenvalue weighted by atomic mass is 16.2. The highest BCUT2D eigenvalue weighted by Gasteiger charge is 2.03. The summed E-state index contributed by atoms with van der Waals surface area (Å²) in [4.78, 5) is 30.5. The van der Waals surface area contributed by atoms with Gasteiger partial charge < -0.3 is 15.2 Å². The lowest BCUT2D eigenvalue weighted by molar-refractivity contribution is -0.128. The molecule has 1 heterocycles. The highest BCUT2D eigenvalue weighted by molar-refractivity contribution is 5.76. The lowest BCUT2D eigenvalue weighted by Gasteiger charge is -2.10. The van der Waals surface area contributed by atoms with Crippen LogP contribution in [0.5, 0.6) is 0 Å². The van der Waals surface area contributed by atoms with Gasteiger partial charge in [0.05, 0.1) is 0 Å². The predicted molar refractivity (Wildman–Crippen MR) is 61.4 cm³/mol. The summed E-state index contributed by atoms with van der Waals surface area (Å²) in [6.45, 7) is 2.17. The van der Waals surface area contributed by atoms with Crippen molar-refractivity contribution in [2.75, 3.05) is 26.0 Å². The van der Waals surface area contributed by atoms with Gasteiger partial charge in [0.2, 0.25) is 5.91 Å². The molecule has 0 fully saturated rings. The normalized spacial score (nSPS) is 9.94.